The monoisotopic (exact) mass is 419 g/mol. The highest BCUT2D eigenvalue weighted by atomic mass is 32.2. The number of aromatic hydroxyl groups is 1. The summed E-state index contributed by atoms with van der Waals surface area (Å²) in [6.07, 6.45) is 1.50. The van der Waals surface area contributed by atoms with Crippen LogP contribution in [0.3, 0.4) is 0 Å². The molecule has 2 N–H and O–H groups in total. The number of carbonyl (C=O) groups is 2. The second-order valence-electron chi connectivity index (χ2n) is 7.05. The normalized spacial score (nSPS) is 16.6. The van der Waals surface area contributed by atoms with Gasteiger partial charge in [-0.05, 0) is 20.8 Å². The number of hydrogen-bond donors (Lipinski definition) is 2. The Morgan fingerprint density at radius 1 is 1.34 bits per heavy atom. The Kier molecular flexibility index (Phi) is 5.90. The summed E-state index contributed by atoms with van der Waals surface area (Å²) >= 11 is 1.43. The number of esters is 1. The van der Waals surface area contributed by atoms with E-state index in [0.717, 1.165) is 17.0 Å². The highest BCUT2D eigenvalue weighted by Crippen LogP contribution is 2.44. The van der Waals surface area contributed by atoms with E-state index in [0.29, 0.717) is 22.4 Å². The summed E-state index contributed by atoms with van der Waals surface area (Å²) in [4.78, 5) is 30.9. The number of pyridine rings is 1. The van der Waals surface area contributed by atoms with Crippen LogP contribution in [0, 0.1) is 20.8 Å². The molecule has 9 heteroatoms. The van der Waals surface area contributed by atoms with Crippen molar-refractivity contribution in [2.45, 2.75) is 39.3 Å². The molecule has 0 aliphatic carbocycles. The third-order valence-electron chi connectivity index (χ3n) is 5.56. The summed E-state index contributed by atoms with van der Waals surface area (Å²) in [6.45, 7) is 5.22. The fourth-order valence-electron chi connectivity index (χ4n) is 3.67. The molecule has 0 aromatic carbocycles. The fraction of sp³-hybridized carbons (Fsp3) is 0.450. The van der Waals surface area contributed by atoms with Gasteiger partial charge in [0.25, 0.3) is 0 Å². The quantitative estimate of drug-likeness (QED) is 0.715. The van der Waals surface area contributed by atoms with Crippen LogP contribution in [-0.4, -0.2) is 49.4 Å². The van der Waals surface area contributed by atoms with Gasteiger partial charge in [-0.25, -0.2) is 4.79 Å². The van der Waals surface area contributed by atoms with E-state index in [-0.39, 0.29) is 30.6 Å². The van der Waals surface area contributed by atoms with Gasteiger partial charge in [0.2, 0.25) is 5.91 Å². The van der Waals surface area contributed by atoms with Crippen LogP contribution in [0.4, 0.5) is 0 Å². The second-order valence-corrected chi connectivity index (χ2v) is 8.12. The van der Waals surface area contributed by atoms with Crippen molar-refractivity contribution >= 4 is 23.6 Å². The maximum Gasteiger partial charge on any atom is 0.340 e. The van der Waals surface area contributed by atoms with E-state index in [2.05, 4.69) is 4.98 Å². The number of hydrogen-bond acceptors (Lipinski definition) is 7. The number of rotatable bonds is 5. The molecule has 3 heterocycles. The predicted molar refractivity (Wildman–Crippen MR) is 109 cm³/mol. The molecule has 3 rings (SSSR count). The van der Waals surface area contributed by atoms with Crippen molar-refractivity contribution in [3.05, 3.63) is 45.5 Å². The zero-order valence-electron chi connectivity index (χ0n) is 17.1. The number of carbonyl (C=O) groups excluding carboxylic acids is 2. The van der Waals surface area contributed by atoms with Gasteiger partial charge >= 0.3 is 5.97 Å². The Morgan fingerprint density at radius 2 is 2.03 bits per heavy atom. The van der Waals surface area contributed by atoms with Gasteiger partial charge in [-0.1, -0.05) is 0 Å². The lowest BCUT2D eigenvalue weighted by atomic mass is 10.1. The highest BCUT2D eigenvalue weighted by Gasteiger charge is 2.39. The van der Waals surface area contributed by atoms with Crippen molar-refractivity contribution in [1.82, 2.24) is 14.5 Å². The molecule has 1 amide bonds. The van der Waals surface area contributed by atoms with Crippen LogP contribution in [0.1, 0.15) is 49.5 Å². The summed E-state index contributed by atoms with van der Waals surface area (Å²) in [5.41, 5.74) is 4.19. The zero-order chi connectivity index (χ0) is 21.5. The maximum absolute atomic E-state index is 12.7. The molecule has 1 atom stereocenters. The van der Waals surface area contributed by atoms with Crippen molar-refractivity contribution in [1.29, 1.82) is 0 Å². The first kappa shape index (κ1) is 21.2. The minimum atomic E-state index is -0.445. The SMILES string of the molecule is COC(=O)c1c(C2SCC(=O)N2Cc2c(CO)cnc(C)c2O)c(C)n(C)c1C. The summed E-state index contributed by atoms with van der Waals surface area (Å²) < 4.78 is 6.90. The third kappa shape index (κ3) is 3.49. The van der Waals surface area contributed by atoms with Gasteiger partial charge in [0.15, 0.2) is 0 Å². The lowest BCUT2D eigenvalue weighted by Crippen LogP contribution is -2.29. The smallest absolute Gasteiger partial charge is 0.340 e. The molecule has 1 aliphatic rings. The van der Waals surface area contributed by atoms with Crippen molar-refractivity contribution in [2.75, 3.05) is 12.9 Å². The Bertz CT molecular complexity index is 985. The molecule has 1 aliphatic heterocycles. The average molecular weight is 420 g/mol. The molecule has 0 bridgehead atoms. The number of methoxy groups -OCH3 is 1. The Labute approximate surface area is 173 Å². The van der Waals surface area contributed by atoms with Crippen molar-refractivity contribution in [2.24, 2.45) is 7.05 Å². The lowest BCUT2D eigenvalue weighted by Gasteiger charge is -2.26. The summed E-state index contributed by atoms with van der Waals surface area (Å²) in [5, 5.41) is 19.8. The molecule has 8 nitrogen and oxygen atoms in total. The number of aliphatic hydroxyl groups excluding tert-OH is 1. The molecule has 0 radical (unpaired) electrons. The molecular formula is C20H25N3O5S. The van der Waals surface area contributed by atoms with E-state index < -0.39 is 11.3 Å². The van der Waals surface area contributed by atoms with Crippen molar-refractivity contribution in [3.63, 3.8) is 0 Å². The zero-order valence-corrected chi connectivity index (χ0v) is 18.0. The number of thioether (sulfide) groups is 1. The number of aliphatic hydroxyl groups is 1. The van der Waals surface area contributed by atoms with E-state index in [4.69, 9.17) is 4.74 Å². The molecule has 1 fully saturated rings. The van der Waals surface area contributed by atoms with E-state index in [1.165, 1.54) is 25.1 Å². The van der Waals surface area contributed by atoms with Crippen LogP contribution in [0.2, 0.25) is 0 Å². The minimum absolute atomic E-state index is 0.0332. The second kappa shape index (κ2) is 8.08. The molecule has 0 saturated carbocycles. The molecule has 0 spiro atoms. The summed E-state index contributed by atoms with van der Waals surface area (Å²) in [6, 6.07) is 0. The van der Waals surface area contributed by atoms with Gasteiger partial charge in [-0.15, -0.1) is 11.8 Å². The fourth-order valence-corrected chi connectivity index (χ4v) is 4.96. The van der Waals surface area contributed by atoms with Crippen LogP contribution in [0.15, 0.2) is 6.20 Å². The largest absolute Gasteiger partial charge is 0.506 e. The topological polar surface area (TPSA) is 105 Å². The van der Waals surface area contributed by atoms with E-state index >= 15 is 0 Å². The van der Waals surface area contributed by atoms with Crippen LogP contribution in [0.25, 0.3) is 0 Å². The predicted octanol–water partition coefficient (Wildman–Crippen LogP) is 2.10. The standard InChI is InChI=1S/C20H25N3O5S/c1-10-18(26)14(13(8-24)6-21-10)7-23-15(25)9-29-19(23)16-11(2)22(4)12(3)17(16)20(27)28-5/h6,19,24,26H,7-9H2,1-5H3. The third-order valence-corrected chi connectivity index (χ3v) is 6.78. The molecule has 2 aromatic heterocycles. The number of amides is 1. The molecule has 2 aromatic rings. The van der Waals surface area contributed by atoms with Gasteiger partial charge in [-0.2, -0.15) is 0 Å². The number of aromatic nitrogens is 2. The average Bonchev–Trinajstić information content (AvgIpc) is 3.17. The van der Waals surface area contributed by atoms with Crippen LogP contribution in [-0.2, 0) is 29.7 Å². The Hall–Kier alpha value is -2.52. The van der Waals surface area contributed by atoms with Crippen molar-refractivity contribution < 1.29 is 24.5 Å². The van der Waals surface area contributed by atoms with Gasteiger partial charge in [0, 0.05) is 41.3 Å². The van der Waals surface area contributed by atoms with E-state index in [9.17, 15) is 19.8 Å². The molecule has 29 heavy (non-hydrogen) atoms. The van der Waals surface area contributed by atoms with E-state index in [1.54, 1.807) is 11.8 Å². The van der Waals surface area contributed by atoms with E-state index in [1.807, 2.05) is 25.5 Å². The van der Waals surface area contributed by atoms with Gasteiger partial charge in [-0.3, -0.25) is 9.78 Å². The Balaban J connectivity index is 2.10. The number of ether oxygens (including phenoxy) is 1. The molecular weight excluding hydrogens is 394 g/mol. The van der Waals surface area contributed by atoms with Crippen LogP contribution in [0.5, 0.6) is 5.75 Å². The summed E-state index contributed by atoms with van der Waals surface area (Å²) in [7, 11) is 3.21. The molecule has 1 unspecified atom stereocenters. The number of aryl methyl sites for hydroxylation is 1. The first-order chi connectivity index (χ1) is 13.7. The minimum Gasteiger partial charge on any atom is -0.506 e. The summed E-state index contributed by atoms with van der Waals surface area (Å²) in [5.74, 6) is -0.318. The van der Waals surface area contributed by atoms with Crippen LogP contribution < -0.4 is 0 Å². The van der Waals surface area contributed by atoms with Crippen LogP contribution >= 0.6 is 11.8 Å². The lowest BCUT2D eigenvalue weighted by molar-refractivity contribution is -0.128. The van der Waals surface area contributed by atoms with Gasteiger partial charge in [0.05, 0.1) is 37.3 Å². The number of nitrogens with zero attached hydrogens (tertiary/aromatic N) is 3. The Morgan fingerprint density at radius 3 is 2.66 bits per heavy atom. The van der Waals surface area contributed by atoms with Gasteiger partial charge in [0.1, 0.15) is 11.1 Å². The van der Waals surface area contributed by atoms with Crippen molar-refractivity contribution in [3.8, 4) is 5.75 Å². The first-order valence-electron chi connectivity index (χ1n) is 9.15. The first-order valence-corrected chi connectivity index (χ1v) is 10.2. The molecule has 156 valence electrons. The maximum atomic E-state index is 12.7. The molecule has 1 saturated heterocycles. The highest BCUT2D eigenvalue weighted by molar-refractivity contribution is 8.00. The van der Waals surface area contributed by atoms with Gasteiger partial charge < -0.3 is 24.4 Å².